The molecule has 0 atom stereocenters. The molecule has 0 aromatic heterocycles. The van der Waals surface area contributed by atoms with Crippen molar-refractivity contribution < 1.29 is 14.3 Å². The summed E-state index contributed by atoms with van der Waals surface area (Å²) in [6, 6.07) is 14.7. The van der Waals surface area contributed by atoms with E-state index in [4.69, 9.17) is 4.74 Å². The van der Waals surface area contributed by atoms with Gasteiger partial charge < -0.3 is 26.0 Å². The number of carbonyl (C=O) groups excluding carboxylic acids is 2. The Morgan fingerprint density at radius 3 is 1.46 bits per heavy atom. The summed E-state index contributed by atoms with van der Waals surface area (Å²) in [7, 11) is 0. The Kier molecular flexibility index (Phi) is 11.5. The molecule has 0 radical (unpaired) electrons. The summed E-state index contributed by atoms with van der Waals surface area (Å²) in [4.78, 5) is 33.2. The van der Waals surface area contributed by atoms with Crippen molar-refractivity contribution in [3.05, 3.63) is 70.8 Å². The van der Waals surface area contributed by atoms with Crippen molar-refractivity contribution in [3.63, 3.8) is 0 Å². The molecule has 0 unspecified atom stereocenters. The molecular weight excluding hydrogens is 491 g/mol. The van der Waals surface area contributed by atoms with Gasteiger partial charge >= 0.3 is 0 Å². The van der Waals surface area contributed by atoms with Crippen LogP contribution in [-0.2, 0) is 4.74 Å². The van der Waals surface area contributed by atoms with Crippen molar-refractivity contribution in [3.8, 4) is 0 Å². The van der Waals surface area contributed by atoms with Gasteiger partial charge in [-0.3, -0.25) is 19.6 Å². The summed E-state index contributed by atoms with van der Waals surface area (Å²) >= 11 is 0. The van der Waals surface area contributed by atoms with Crippen molar-refractivity contribution in [2.24, 2.45) is 9.98 Å². The van der Waals surface area contributed by atoms with Crippen molar-refractivity contribution >= 4 is 48.3 Å². The number of halogens is 2. The lowest BCUT2D eigenvalue weighted by Gasteiger charge is -2.09. The average molecular weight is 521 g/mol. The molecule has 2 aromatic rings. The molecule has 0 fully saturated rings. The number of carbonyl (C=O) groups is 2. The number of hydrogen-bond acceptors (Lipinski definition) is 7. The Balaban J connectivity index is 0.00000216. The molecule has 2 aromatic carbocycles. The molecule has 2 aliphatic heterocycles. The van der Waals surface area contributed by atoms with Crippen molar-refractivity contribution in [1.82, 2.24) is 21.3 Å². The SMILES string of the molecule is Cl.Cl.O=C(NCCOCCNC(=O)c1ccc(C2=NCCN2)cc1)c1ccc(C2=NCCN2)cc1. The molecular formula is C24H30Cl2N6O3. The molecule has 4 N–H and O–H groups in total. The van der Waals surface area contributed by atoms with E-state index in [9.17, 15) is 9.59 Å². The second-order valence-electron chi connectivity index (χ2n) is 7.59. The Hall–Kier alpha value is -3.14. The highest BCUT2D eigenvalue weighted by Crippen LogP contribution is 2.08. The highest BCUT2D eigenvalue weighted by atomic mass is 35.5. The van der Waals surface area contributed by atoms with E-state index in [0.717, 1.165) is 49.0 Å². The zero-order valence-electron chi connectivity index (χ0n) is 19.2. The molecule has 0 saturated heterocycles. The first-order chi connectivity index (χ1) is 16.2. The van der Waals surface area contributed by atoms with Crippen LogP contribution in [0.3, 0.4) is 0 Å². The van der Waals surface area contributed by atoms with Gasteiger partial charge in [-0.2, -0.15) is 0 Å². The number of nitrogens with zero attached hydrogens (tertiary/aromatic N) is 2. The summed E-state index contributed by atoms with van der Waals surface area (Å²) < 4.78 is 5.50. The molecule has 2 amide bonds. The number of amidine groups is 2. The number of benzene rings is 2. The van der Waals surface area contributed by atoms with Gasteiger partial charge in [-0.15, -0.1) is 24.8 Å². The van der Waals surface area contributed by atoms with E-state index in [0.29, 0.717) is 37.4 Å². The van der Waals surface area contributed by atoms with Gasteiger partial charge in [0.05, 0.1) is 26.3 Å². The van der Waals surface area contributed by atoms with Gasteiger partial charge in [0.25, 0.3) is 11.8 Å². The Morgan fingerprint density at radius 2 is 1.11 bits per heavy atom. The van der Waals surface area contributed by atoms with Crippen LogP contribution in [-0.4, -0.2) is 76.0 Å². The van der Waals surface area contributed by atoms with Crippen LogP contribution in [0.4, 0.5) is 0 Å². The van der Waals surface area contributed by atoms with E-state index in [2.05, 4.69) is 31.3 Å². The number of amides is 2. The lowest BCUT2D eigenvalue weighted by atomic mass is 10.1. The first-order valence-corrected chi connectivity index (χ1v) is 11.1. The van der Waals surface area contributed by atoms with Crippen LogP contribution in [0, 0.1) is 0 Å². The van der Waals surface area contributed by atoms with Gasteiger partial charge in [-0.05, 0) is 24.3 Å². The van der Waals surface area contributed by atoms with Crippen LogP contribution in [0.2, 0.25) is 0 Å². The van der Waals surface area contributed by atoms with Gasteiger partial charge in [-0.25, -0.2) is 0 Å². The third kappa shape index (κ3) is 7.95. The van der Waals surface area contributed by atoms with Gasteiger partial charge in [0, 0.05) is 48.4 Å². The maximum absolute atomic E-state index is 12.2. The van der Waals surface area contributed by atoms with Gasteiger partial charge in [0.1, 0.15) is 11.7 Å². The molecule has 9 nitrogen and oxygen atoms in total. The molecule has 0 bridgehead atoms. The third-order valence-electron chi connectivity index (χ3n) is 5.25. The number of aliphatic imine (C=N–C) groups is 2. The summed E-state index contributed by atoms with van der Waals surface area (Å²) in [6.07, 6.45) is 0. The van der Waals surface area contributed by atoms with E-state index in [1.165, 1.54) is 0 Å². The quantitative estimate of drug-likeness (QED) is 0.353. The lowest BCUT2D eigenvalue weighted by Crippen LogP contribution is -2.30. The minimum Gasteiger partial charge on any atom is -0.378 e. The van der Waals surface area contributed by atoms with Crippen LogP contribution >= 0.6 is 24.8 Å². The molecule has 2 heterocycles. The maximum atomic E-state index is 12.2. The maximum Gasteiger partial charge on any atom is 0.251 e. The molecule has 11 heteroatoms. The monoisotopic (exact) mass is 520 g/mol. The smallest absolute Gasteiger partial charge is 0.251 e. The fourth-order valence-corrected chi connectivity index (χ4v) is 3.52. The largest absolute Gasteiger partial charge is 0.378 e. The summed E-state index contributed by atoms with van der Waals surface area (Å²) in [5, 5.41) is 12.1. The number of rotatable bonds is 10. The molecule has 35 heavy (non-hydrogen) atoms. The van der Waals surface area contributed by atoms with Crippen LogP contribution in [0.5, 0.6) is 0 Å². The normalized spacial score (nSPS) is 13.8. The second kappa shape index (κ2) is 14.3. The van der Waals surface area contributed by atoms with E-state index in [1.807, 2.05) is 24.3 Å². The molecule has 0 spiro atoms. The second-order valence-corrected chi connectivity index (χ2v) is 7.59. The van der Waals surface area contributed by atoms with Crippen molar-refractivity contribution in [2.75, 3.05) is 52.5 Å². The zero-order chi connectivity index (χ0) is 22.9. The summed E-state index contributed by atoms with van der Waals surface area (Å²) in [6.45, 7) is 4.77. The van der Waals surface area contributed by atoms with E-state index < -0.39 is 0 Å². The Bertz CT molecular complexity index is 959. The zero-order valence-corrected chi connectivity index (χ0v) is 20.8. The van der Waals surface area contributed by atoms with Gasteiger partial charge in [0.15, 0.2) is 0 Å². The fourth-order valence-electron chi connectivity index (χ4n) is 3.52. The Labute approximate surface area is 217 Å². The minimum absolute atomic E-state index is 0. The summed E-state index contributed by atoms with van der Waals surface area (Å²) in [5.74, 6) is 1.44. The highest BCUT2D eigenvalue weighted by molar-refractivity contribution is 6.02. The lowest BCUT2D eigenvalue weighted by molar-refractivity contribution is 0.0893. The number of ether oxygens (including phenoxy) is 1. The fraction of sp³-hybridized carbons (Fsp3) is 0.333. The average Bonchev–Trinajstić information content (AvgIpc) is 3.58. The Morgan fingerprint density at radius 1 is 0.714 bits per heavy atom. The predicted molar refractivity (Wildman–Crippen MR) is 142 cm³/mol. The van der Waals surface area contributed by atoms with Crippen molar-refractivity contribution in [1.29, 1.82) is 0 Å². The van der Waals surface area contributed by atoms with E-state index >= 15 is 0 Å². The molecule has 0 aliphatic carbocycles. The first kappa shape index (κ1) is 28.1. The summed E-state index contributed by atoms with van der Waals surface area (Å²) in [5.41, 5.74) is 3.13. The molecule has 188 valence electrons. The topological polar surface area (TPSA) is 116 Å². The van der Waals surface area contributed by atoms with Gasteiger partial charge in [0.2, 0.25) is 0 Å². The first-order valence-electron chi connectivity index (χ1n) is 11.1. The number of nitrogens with one attached hydrogen (secondary N) is 4. The molecule has 0 saturated carbocycles. The molecule has 4 rings (SSSR count). The standard InChI is InChI=1S/C24H28N6O3.2ClH/c31-23(19-5-1-17(2-6-19)21-25-9-10-26-21)29-13-15-33-16-14-30-24(32)20-7-3-18(4-8-20)22-27-11-12-28-22;;/h1-8H,9-16H2,(H,25,26)(H,27,28)(H,29,31)(H,30,32);2*1H. The molecule has 2 aliphatic rings. The number of hydrogen-bond donors (Lipinski definition) is 4. The van der Waals surface area contributed by atoms with Crippen molar-refractivity contribution in [2.45, 2.75) is 0 Å². The highest BCUT2D eigenvalue weighted by Gasteiger charge is 2.11. The third-order valence-corrected chi connectivity index (χ3v) is 5.25. The minimum atomic E-state index is -0.151. The van der Waals surface area contributed by atoms with Crippen LogP contribution in [0.15, 0.2) is 58.5 Å². The van der Waals surface area contributed by atoms with Crippen LogP contribution < -0.4 is 21.3 Å². The van der Waals surface area contributed by atoms with Crippen LogP contribution in [0.25, 0.3) is 0 Å². The van der Waals surface area contributed by atoms with E-state index in [-0.39, 0.29) is 36.6 Å². The van der Waals surface area contributed by atoms with E-state index in [1.54, 1.807) is 24.3 Å². The van der Waals surface area contributed by atoms with Gasteiger partial charge in [-0.1, -0.05) is 24.3 Å². The van der Waals surface area contributed by atoms with Crippen LogP contribution in [0.1, 0.15) is 31.8 Å². The predicted octanol–water partition coefficient (Wildman–Crippen LogP) is 1.41.